The molecule has 0 saturated carbocycles. The zero-order chi connectivity index (χ0) is 23.8. The standard InChI is InChI=1S/C26H35Cl2NO3S/c1-19(15-27)17-32-25-9-6-21(14-24(25)28)26(2,3)20-4-7-23(8-5-20)31-18-22(30)16-29-10-12-33-13-11-29/h4-9,14,19,22,30H,10-13,15-18H2,1-3H3/t19-,22+/m0/s1. The minimum atomic E-state index is -0.487. The normalized spacial score (nSPS) is 16.9. The Hall–Kier alpha value is -1.11. The molecule has 0 spiro atoms. The first kappa shape index (κ1) is 26.5. The van der Waals surface area contributed by atoms with E-state index in [2.05, 4.69) is 36.9 Å². The fraction of sp³-hybridized carbons (Fsp3) is 0.538. The van der Waals surface area contributed by atoms with Gasteiger partial charge >= 0.3 is 0 Å². The average Bonchev–Trinajstić information content (AvgIpc) is 2.82. The molecule has 182 valence electrons. The van der Waals surface area contributed by atoms with Crippen LogP contribution in [0.15, 0.2) is 42.5 Å². The molecule has 0 aromatic heterocycles. The monoisotopic (exact) mass is 511 g/mol. The fourth-order valence-corrected chi connectivity index (χ4v) is 5.05. The predicted molar refractivity (Wildman–Crippen MR) is 141 cm³/mol. The van der Waals surface area contributed by atoms with Crippen molar-refractivity contribution in [1.82, 2.24) is 4.90 Å². The topological polar surface area (TPSA) is 41.9 Å². The zero-order valence-corrected chi connectivity index (χ0v) is 22.1. The van der Waals surface area contributed by atoms with Gasteiger partial charge in [-0.2, -0.15) is 11.8 Å². The molecule has 0 unspecified atom stereocenters. The van der Waals surface area contributed by atoms with Crippen LogP contribution in [-0.2, 0) is 5.41 Å². The van der Waals surface area contributed by atoms with E-state index in [9.17, 15) is 5.11 Å². The fourth-order valence-electron chi connectivity index (χ4n) is 3.74. The highest BCUT2D eigenvalue weighted by Gasteiger charge is 2.24. The van der Waals surface area contributed by atoms with Crippen LogP contribution in [0.1, 0.15) is 31.9 Å². The summed E-state index contributed by atoms with van der Waals surface area (Å²) >= 11 is 14.3. The number of rotatable bonds is 11. The second-order valence-electron chi connectivity index (χ2n) is 9.24. The maximum Gasteiger partial charge on any atom is 0.137 e. The van der Waals surface area contributed by atoms with E-state index in [-0.39, 0.29) is 11.3 Å². The summed E-state index contributed by atoms with van der Waals surface area (Å²) in [4.78, 5) is 2.30. The van der Waals surface area contributed by atoms with E-state index in [0.717, 1.165) is 41.5 Å². The van der Waals surface area contributed by atoms with E-state index in [1.807, 2.05) is 43.0 Å². The van der Waals surface area contributed by atoms with Gasteiger partial charge in [0.15, 0.2) is 0 Å². The van der Waals surface area contributed by atoms with Crippen LogP contribution in [0.5, 0.6) is 11.5 Å². The lowest BCUT2D eigenvalue weighted by molar-refractivity contribution is 0.0715. The Labute approximate surface area is 212 Å². The number of ether oxygens (including phenoxy) is 2. The van der Waals surface area contributed by atoms with Gasteiger partial charge in [0.05, 0.1) is 11.6 Å². The third-order valence-electron chi connectivity index (χ3n) is 6.03. The number of nitrogens with zero attached hydrogens (tertiary/aromatic N) is 1. The molecule has 1 saturated heterocycles. The first-order valence-electron chi connectivity index (χ1n) is 11.5. The summed E-state index contributed by atoms with van der Waals surface area (Å²) in [5.74, 6) is 4.54. The van der Waals surface area contributed by atoms with Gasteiger partial charge in [0.1, 0.15) is 24.2 Å². The van der Waals surface area contributed by atoms with Crippen LogP contribution < -0.4 is 9.47 Å². The first-order chi connectivity index (χ1) is 15.8. The van der Waals surface area contributed by atoms with E-state index in [0.29, 0.717) is 36.4 Å². The molecule has 33 heavy (non-hydrogen) atoms. The maximum absolute atomic E-state index is 10.3. The largest absolute Gasteiger partial charge is 0.492 e. The van der Waals surface area contributed by atoms with Crippen molar-refractivity contribution in [1.29, 1.82) is 0 Å². The van der Waals surface area contributed by atoms with Gasteiger partial charge in [-0.15, -0.1) is 11.6 Å². The average molecular weight is 513 g/mol. The van der Waals surface area contributed by atoms with Crippen molar-refractivity contribution in [3.05, 3.63) is 58.6 Å². The SMILES string of the molecule is C[C@@H](CCl)COc1ccc(C(C)(C)c2ccc(OC[C@H](O)CN3CCSCC3)cc2)cc1Cl. The molecule has 1 aliphatic heterocycles. The highest BCUT2D eigenvalue weighted by atomic mass is 35.5. The molecule has 4 nitrogen and oxygen atoms in total. The lowest BCUT2D eigenvalue weighted by Gasteiger charge is -2.28. The number of alkyl halides is 1. The number of β-amino-alcohol motifs (C(OH)–C–C–N with tert-alkyl or cyclic N) is 1. The van der Waals surface area contributed by atoms with Crippen LogP contribution in [-0.4, -0.2) is 66.3 Å². The maximum atomic E-state index is 10.3. The van der Waals surface area contributed by atoms with Crippen molar-refractivity contribution < 1.29 is 14.6 Å². The van der Waals surface area contributed by atoms with Crippen molar-refractivity contribution in [2.45, 2.75) is 32.3 Å². The van der Waals surface area contributed by atoms with Gasteiger partial charge in [-0.1, -0.05) is 50.6 Å². The van der Waals surface area contributed by atoms with Crippen LogP contribution in [0.4, 0.5) is 0 Å². The second kappa shape index (κ2) is 12.6. The number of halogens is 2. The molecule has 7 heteroatoms. The molecule has 1 heterocycles. The van der Waals surface area contributed by atoms with E-state index >= 15 is 0 Å². The summed E-state index contributed by atoms with van der Waals surface area (Å²) in [5.41, 5.74) is 2.02. The van der Waals surface area contributed by atoms with Crippen LogP contribution in [0, 0.1) is 5.92 Å². The molecule has 0 aliphatic carbocycles. The van der Waals surface area contributed by atoms with Crippen molar-refractivity contribution in [2.24, 2.45) is 5.92 Å². The van der Waals surface area contributed by atoms with E-state index in [1.54, 1.807) is 0 Å². The molecular weight excluding hydrogens is 477 g/mol. The Morgan fingerprint density at radius 3 is 2.33 bits per heavy atom. The summed E-state index contributed by atoms with van der Waals surface area (Å²) in [7, 11) is 0. The molecular formula is C26H35Cl2NO3S. The van der Waals surface area contributed by atoms with E-state index in [4.69, 9.17) is 32.7 Å². The molecule has 0 radical (unpaired) electrons. The minimum absolute atomic E-state index is 0.240. The summed E-state index contributed by atoms with van der Waals surface area (Å²) < 4.78 is 11.7. The summed E-state index contributed by atoms with van der Waals surface area (Å²) in [6, 6.07) is 14.0. The van der Waals surface area contributed by atoms with Gasteiger partial charge in [0.25, 0.3) is 0 Å². The van der Waals surface area contributed by atoms with Gasteiger partial charge in [0.2, 0.25) is 0 Å². The number of aliphatic hydroxyl groups excluding tert-OH is 1. The van der Waals surface area contributed by atoms with Gasteiger partial charge in [-0.25, -0.2) is 0 Å². The van der Waals surface area contributed by atoms with Crippen LogP contribution in [0.2, 0.25) is 5.02 Å². The molecule has 3 rings (SSSR count). The van der Waals surface area contributed by atoms with Crippen molar-refractivity contribution >= 4 is 35.0 Å². The summed E-state index contributed by atoms with van der Waals surface area (Å²) in [5, 5.41) is 10.9. The first-order valence-corrected chi connectivity index (χ1v) is 13.6. The van der Waals surface area contributed by atoms with E-state index < -0.39 is 6.10 Å². The van der Waals surface area contributed by atoms with Crippen LogP contribution >= 0.6 is 35.0 Å². The molecule has 0 bridgehead atoms. The number of hydrogen-bond donors (Lipinski definition) is 1. The van der Waals surface area contributed by atoms with Crippen molar-refractivity contribution in [2.75, 3.05) is 50.2 Å². The Balaban J connectivity index is 1.57. The number of benzene rings is 2. The number of aliphatic hydroxyl groups is 1. The van der Waals surface area contributed by atoms with Gasteiger partial charge < -0.3 is 14.6 Å². The molecule has 1 fully saturated rings. The summed E-state index contributed by atoms with van der Waals surface area (Å²) in [6.45, 7) is 9.96. The highest BCUT2D eigenvalue weighted by Crippen LogP contribution is 2.36. The van der Waals surface area contributed by atoms with Crippen LogP contribution in [0.25, 0.3) is 0 Å². The van der Waals surface area contributed by atoms with Gasteiger partial charge in [-0.3, -0.25) is 4.90 Å². The Morgan fingerprint density at radius 2 is 1.70 bits per heavy atom. The minimum Gasteiger partial charge on any atom is -0.492 e. The smallest absolute Gasteiger partial charge is 0.137 e. The Kier molecular flexibility index (Phi) is 10.1. The Morgan fingerprint density at radius 1 is 1.03 bits per heavy atom. The number of hydrogen-bond acceptors (Lipinski definition) is 5. The van der Waals surface area contributed by atoms with Gasteiger partial charge in [0, 0.05) is 48.4 Å². The molecule has 2 aromatic rings. The quantitative estimate of drug-likeness (QED) is 0.391. The third kappa shape index (κ3) is 7.69. The third-order valence-corrected chi connectivity index (χ3v) is 7.80. The highest BCUT2D eigenvalue weighted by molar-refractivity contribution is 7.99. The molecule has 1 aliphatic rings. The molecule has 2 aromatic carbocycles. The van der Waals surface area contributed by atoms with E-state index in [1.165, 1.54) is 0 Å². The lowest BCUT2D eigenvalue weighted by Crippen LogP contribution is -2.40. The number of thioether (sulfide) groups is 1. The predicted octanol–water partition coefficient (Wildman–Crippen LogP) is 5.71. The van der Waals surface area contributed by atoms with Crippen molar-refractivity contribution in [3.63, 3.8) is 0 Å². The lowest BCUT2D eigenvalue weighted by atomic mass is 9.78. The van der Waals surface area contributed by atoms with Crippen LogP contribution in [0.3, 0.4) is 0 Å². The van der Waals surface area contributed by atoms with Crippen molar-refractivity contribution in [3.8, 4) is 11.5 Å². The molecule has 0 amide bonds. The zero-order valence-electron chi connectivity index (χ0n) is 19.7. The molecule has 1 N–H and O–H groups in total. The Bertz CT molecular complexity index is 872. The summed E-state index contributed by atoms with van der Waals surface area (Å²) in [6.07, 6.45) is -0.487. The van der Waals surface area contributed by atoms with Gasteiger partial charge in [-0.05, 0) is 35.4 Å². The second-order valence-corrected chi connectivity index (χ2v) is 11.2. The molecule has 2 atom stereocenters.